The van der Waals surface area contributed by atoms with Crippen molar-refractivity contribution in [2.24, 2.45) is 0 Å². The van der Waals surface area contributed by atoms with Crippen LogP contribution in [0, 0.1) is 18.3 Å². The zero-order chi connectivity index (χ0) is 22.3. The Morgan fingerprint density at radius 2 is 1.94 bits per heavy atom. The Balaban J connectivity index is 1.62. The van der Waals surface area contributed by atoms with Crippen molar-refractivity contribution >= 4 is 22.0 Å². The highest BCUT2D eigenvalue weighted by Gasteiger charge is 2.15. The van der Waals surface area contributed by atoms with Gasteiger partial charge in [-0.05, 0) is 42.8 Å². The van der Waals surface area contributed by atoms with E-state index in [4.69, 9.17) is 4.42 Å². The van der Waals surface area contributed by atoms with Crippen LogP contribution in [0.2, 0.25) is 0 Å². The molecule has 0 unspecified atom stereocenters. The molecule has 3 aromatic rings. The average Bonchev–Trinajstić information content (AvgIpc) is 3.23. The van der Waals surface area contributed by atoms with Crippen LogP contribution in [0.1, 0.15) is 22.6 Å². The first-order chi connectivity index (χ1) is 14.9. The normalized spacial score (nSPS) is 11.7. The highest BCUT2D eigenvalue weighted by atomic mass is 32.2. The van der Waals surface area contributed by atoms with E-state index in [9.17, 15) is 18.5 Å². The topological polar surface area (TPSA) is 125 Å². The van der Waals surface area contributed by atoms with Crippen LogP contribution in [-0.2, 0) is 27.9 Å². The summed E-state index contributed by atoms with van der Waals surface area (Å²) in [6.45, 7) is 2.03. The lowest BCUT2D eigenvalue weighted by Gasteiger charge is -2.05. The molecule has 0 aliphatic rings. The quantitative estimate of drug-likeness (QED) is 0.413. The Kier molecular flexibility index (Phi) is 6.97. The zero-order valence-corrected chi connectivity index (χ0v) is 17.5. The first-order valence-electron chi connectivity index (χ1n) is 9.31. The molecule has 31 heavy (non-hydrogen) atoms. The second-order valence-corrected chi connectivity index (χ2v) is 8.42. The fourth-order valence-corrected chi connectivity index (χ4v) is 3.60. The Morgan fingerprint density at radius 1 is 1.16 bits per heavy atom. The van der Waals surface area contributed by atoms with Gasteiger partial charge in [0, 0.05) is 25.0 Å². The molecule has 2 aromatic heterocycles. The van der Waals surface area contributed by atoms with Crippen molar-refractivity contribution < 1.29 is 17.6 Å². The van der Waals surface area contributed by atoms with Crippen molar-refractivity contribution in [2.75, 3.05) is 0 Å². The second-order valence-electron chi connectivity index (χ2n) is 6.66. The number of carbonyl (C=O) groups excluding carboxylic acids is 1. The van der Waals surface area contributed by atoms with Gasteiger partial charge in [0.2, 0.25) is 10.0 Å². The van der Waals surface area contributed by atoms with Gasteiger partial charge in [0.05, 0.1) is 11.4 Å². The molecule has 1 aromatic carbocycles. The van der Waals surface area contributed by atoms with E-state index in [0.29, 0.717) is 5.76 Å². The number of hydrogen-bond acceptors (Lipinski definition) is 6. The van der Waals surface area contributed by atoms with E-state index in [1.165, 1.54) is 18.2 Å². The maximum absolute atomic E-state index is 12.4. The maximum Gasteiger partial charge on any atom is 0.262 e. The third kappa shape index (κ3) is 6.12. The van der Waals surface area contributed by atoms with Gasteiger partial charge in [0.25, 0.3) is 5.91 Å². The minimum absolute atomic E-state index is 0.0703. The summed E-state index contributed by atoms with van der Waals surface area (Å²) in [5, 5.41) is 11.9. The summed E-state index contributed by atoms with van der Waals surface area (Å²) in [5.74, 6) is 0.0528. The number of hydrogen-bond donors (Lipinski definition) is 2. The predicted molar refractivity (Wildman–Crippen MR) is 114 cm³/mol. The number of nitrogens with one attached hydrogen (secondary N) is 2. The van der Waals surface area contributed by atoms with Gasteiger partial charge < -0.3 is 9.73 Å². The first-order valence-corrected chi connectivity index (χ1v) is 10.8. The molecule has 0 saturated heterocycles. The molecule has 0 aliphatic carbocycles. The SMILES string of the molecule is Cc1ccc(S(=O)(=O)NCc2ccc(/C=C(\C#N)C(=O)NCc3cccnc3)o2)cc1. The van der Waals surface area contributed by atoms with Gasteiger partial charge in [-0.15, -0.1) is 0 Å². The van der Waals surface area contributed by atoms with E-state index in [1.54, 1.807) is 48.8 Å². The molecule has 2 heterocycles. The Bertz CT molecular complexity index is 1220. The van der Waals surface area contributed by atoms with Crippen molar-refractivity contribution in [3.05, 3.63) is 89.1 Å². The van der Waals surface area contributed by atoms with Crippen LogP contribution in [0.25, 0.3) is 6.08 Å². The minimum atomic E-state index is -3.69. The number of carbonyl (C=O) groups is 1. The van der Waals surface area contributed by atoms with Crippen molar-refractivity contribution in [3.63, 3.8) is 0 Å². The molecule has 0 atom stereocenters. The molecule has 2 N–H and O–H groups in total. The molecule has 9 heteroatoms. The molecule has 3 rings (SSSR count). The van der Waals surface area contributed by atoms with E-state index in [-0.39, 0.29) is 29.3 Å². The lowest BCUT2D eigenvalue weighted by Crippen LogP contribution is -2.24. The number of amides is 1. The van der Waals surface area contributed by atoms with Crippen molar-refractivity contribution in [1.82, 2.24) is 15.0 Å². The van der Waals surface area contributed by atoms with Crippen LogP contribution < -0.4 is 10.0 Å². The van der Waals surface area contributed by atoms with Gasteiger partial charge >= 0.3 is 0 Å². The molecular formula is C22H20N4O4S. The summed E-state index contributed by atoms with van der Waals surface area (Å²) in [6.07, 6.45) is 4.55. The van der Waals surface area contributed by atoms with Crippen LogP contribution in [0.5, 0.6) is 0 Å². The van der Waals surface area contributed by atoms with Gasteiger partial charge in [-0.2, -0.15) is 5.26 Å². The van der Waals surface area contributed by atoms with Crippen molar-refractivity contribution in [1.29, 1.82) is 5.26 Å². The number of pyridine rings is 1. The Morgan fingerprint density at radius 3 is 2.61 bits per heavy atom. The van der Waals surface area contributed by atoms with Gasteiger partial charge in [0.1, 0.15) is 23.2 Å². The molecule has 0 saturated carbocycles. The summed E-state index contributed by atoms with van der Waals surface area (Å²) in [7, 11) is -3.69. The fourth-order valence-electron chi connectivity index (χ4n) is 2.61. The maximum atomic E-state index is 12.4. The molecular weight excluding hydrogens is 416 g/mol. The van der Waals surface area contributed by atoms with Crippen LogP contribution in [-0.4, -0.2) is 19.3 Å². The highest BCUT2D eigenvalue weighted by molar-refractivity contribution is 7.89. The van der Waals surface area contributed by atoms with Gasteiger partial charge in [-0.25, -0.2) is 13.1 Å². The molecule has 0 radical (unpaired) electrons. The molecule has 0 spiro atoms. The van der Waals surface area contributed by atoms with Crippen LogP contribution in [0.15, 0.2) is 75.8 Å². The number of aryl methyl sites for hydroxylation is 1. The molecule has 1 amide bonds. The third-order valence-electron chi connectivity index (χ3n) is 4.28. The summed E-state index contributed by atoms with van der Waals surface area (Å²) in [6, 6.07) is 15.0. The largest absolute Gasteiger partial charge is 0.460 e. The number of nitrogens with zero attached hydrogens (tertiary/aromatic N) is 2. The number of nitriles is 1. The number of aromatic nitrogens is 1. The third-order valence-corrected chi connectivity index (χ3v) is 5.69. The standard InChI is InChI=1S/C22H20N4O4S/c1-16-4-8-21(9-5-16)31(28,29)26-15-20-7-6-19(30-20)11-18(12-23)22(27)25-14-17-3-2-10-24-13-17/h2-11,13,26H,14-15H2,1H3,(H,25,27)/b18-11+. The molecule has 158 valence electrons. The van der Waals surface area contributed by atoms with Gasteiger partial charge in [-0.1, -0.05) is 23.8 Å². The van der Waals surface area contributed by atoms with E-state index in [1.807, 2.05) is 13.0 Å². The lowest BCUT2D eigenvalue weighted by molar-refractivity contribution is -0.117. The second kappa shape index (κ2) is 9.84. The molecule has 0 fully saturated rings. The fraction of sp³-hybridized carbons (Fsp3) is 0.136. The van der Waals surface area contributed by atoms with Gasteiger partial charge in [0.15, 0.2) is 0 Å². The average molecular weight is 436 g/mol. The molecule has 0 bridgehead atoms. The summed E-state index contributed by atoms with van der Waals surface area (Å²) >= 11 is 0. The monoisotopic (exact) mass is 436 g/mol. The van der Waals surface area contributed by atoms with Crippen LogP contribution in [0.3, 0.4) is 0 Å². The van der Waals surface area contributed by atoms with Gasteiger partial charge in [-0.3, -0.25) is 9.78 Å². The number of sulfonamides is 1. The van der Waals surface area contributed by atoms with E-state index < -0.39 is 15.9 Å². The van der Waals surface area contributed by atoms with E-state index >= 15 is 0 Å². The summed E-state index contributed by atoms with van der Waals surface area (Å²) in [5.41, 5.74) is 1.62. The van der Waals surface area contributed by atoms with Crippen molar-refractivity contribution in [3.8, 4) is 6.07 Å². The number of benzene rings is 1. The van der Waals surface area contributed by atoms with E-state index in [2.05, 4.69) is 15.0 Å². The number of rotatable bonds is 8. The Hall–Kier alpha value is -3.74. The van der Waals surface area contributed by atoms with E-state index in [0.717, 1.165) is 11.1 Å². The Labute approximate surface area is 180 Å². The van der Waals surface area contributed by atoms with Crippen LogP contribution in [0.4, 0.5) is 0 Å². The van der Waals surface area contributed by atoms with Crippen LogP contribution >= 0.6 is 0 Å². The van der Waals surface area contributed by atoms with Crippen molar-refractivity contribution in [2.45, 2.75) is 24.9 Å². The number of furan rings is 1. The smallest absolute Gasteiger partial charge is 0.262 e. The molecule has 0 aliphatic heterocycles. The zero-order valence-electron chi connectivity index (χ0n) is 16.7. The lowest BCUT2D eigenvalue weighted by atomic mass is 10.2. The highest BCUT2D eigenvalue weighted by Crippen LogP contribution is 2.14. The summed E-state index contributed by atoms with van der Waals surface area (Å²) < 4.78 is 32.7. The minimum Gasteiger partial charge on any atom is -0.460 e. The first kappa shape index (κ1) is 22.0. The summed E-state index contributed by atoms with van der Waals surface area (Å²) in [4.78, 5) is 16.4. The molecule has 8 nitrogen and oxygen atoms in total. The predicted octanol–water partition coefficient (Wildman–Crippen LogP) is 2.68.